The molecule has 1 heterocycles. The summed E-state index contributed by atoms with van der Waals surface area (Å²) < 4.78 is 0. The smallest absolute Gasteiger partial charge is 0.0799 e. The van der Waals surface area contributed by atoms with Gasteiger partial charge in [0.05, 0.1) is 13.8 Å². The van der Waals surface area contributed by atoms with Gasteiger partial charge in [0, 0.05) is 11.8 Å². The molecule has 1 aromatic heterocycles. The van der Waals surface area contributed by atoms with E-state index >= 15 is 0 Å². The van der Waals surface area contributed by atoms with Crippen LogP contribution in [-0.2, 0) is 0 Å². The molecule has 1 aromatic carbocycles. The van der Waals surface area contributed by atoms with Crippen LogP contribution in [0.4, 0.5) is 0 Å². The zero-order valence-electron chi connectivity index (χ0n) is 15.1. The molecule has 0 spiro atoms. The van der Waals surface area contributed by atoms with E-state index in [4.69, 9.17) is 4.98 Å². The van der Waals surface area contributed by atoms with Gasteiger partial charge in [-0.2, -0.15) is 0 Å². The van der Waals surface area contributed by atoms with Gasteiger partial charge in [0.25, 0.3) is 0 Å². The number of aryl methyl sites for hydroxylation is 1. The van der Waals surface area contributed by atoms with Crippen LogP contribution in [0, 0.1) is 12.8 Å². The van der Waals surface area contributed by atoms with Gasteiger partial charge < -0.3 is 0 Å². The summed E-state index contributed by atoms with van der Waals surface area (Å²) in [6.07, 6.45) is 2.15. The van der Waals surface area contributed by atoms with Gasteiger partial charge in [0.1, 0.15) is 0 Å². The Morgan fingerprint density at radius 2 is 1.64 bits per heavy atom. The topological polar surface area (TPSA) is 12.9 Å². The van der Waals surface area contributed by atoms with Gasteiger partial charge >= 0.3 is 0 Å². The minimum absolute atomic E-state index is 0.562. The molecule has 22 heavy (non-hydrogen) atoms. The number of nitrogens with zero attached hydrogens (tertiary/aromatic N) is 1. The quantitative estimate of drug-likeness (QED) is 0.692. The van der Waals surface area contributed by atoms with Crippen molar-refractivity contribution in [3.8, 4) is 11.3 Å². The summed E-state index contributed by atoms with van der Waals surface area (Å²) in [4.78, 5) is 4.81. The van der Waals surface area contributed by atoms with Crippen molar-refractivity contribution in [3.63, 3.8) is 0 Å². The molecule has 0 aliphatic heterocycles. The van der Waals surface area contributed by atoms with Crippen LogP contribution < -0.4 is 5.19 Å². The minimum atomic E-state index is -1.39. The summed E-state index contributed by atoms with van der Waals surface area (Å²) in [5.74, 6) is 1.20. The highest BCUT2D eigenvalue weighted by molar-refractivity contribution is 6.89. The number of benzene rings is 1. The standard InChI is InChI=1S/C20H29NSi/c1-14(2)16(4)18-12-19(17-11-9-8-10-15(17)3)21-13-20(18)22(5,6)7/h8-14,16H,1-7H3. The second kappa shape index (κ2) is 6.37. The van der Waals surface area contributed by atoms with Crippen molar-refractivity contribution in [3.05, 3.63) is 47.7 Å². The van der Waals surface area contributed by atoms with Crippen LogP contribution in [-0.4, -0.2) is 13.1 Å². The molecule has 0 aliphatic rings. The molecule has 0 N–H and O–H groups in total. The van der Waals surface area contributed by atoms with Crippen LogP contribution in [0.1, 0.15) is 37.8 Å². The third-order valence-electron chi connectivity index (χ3n) is 4.66. The Morgan fingerprint density at radius 3 is 2.18 bits per heavy atom. The van der Waals surface area contributed by atoms with Gasteiger partial charge in [0.15, 0.2) is 0 Å². The fourth-order valence-electron chi connectivity index (χ4n) is 2.84. The molecule has 118 valence electrons. The van der Waals surface area contributed by atoms with E-state index in [1.54, 1.807) is 0 Å². The average Bonchev–Trinajstić information content (AvgIpc) is 2.45. The molecule has 1 nitrogen and oxygen atoms in total. The molecule has 2 heteroatoms. The molecular weight excluding hydrogens is 282 g/mol. The Labute approximate surface area is 136 Å². The summed E-state index contributed by atoms with van der Waals surface area (Å²) in [6.45, 7) is 16.4. The normalized spacial score (nSPS) is 13.5. The van der Waals surface area contributed by atoms with Gasteiger partial charge in [-0.15, -0.1) is 0 Å². The van der Waals surface area contributed by atoms with Crippen molar-refractivity contribution in [1.82, 2.24) is 4.98 Å². The molecule has 0 fully saturated rings. The Bertz CT molecular complexity index is 653. The average molecular weight is 312 g/mol. The van der Waals surface area contributed by atoms with Gasteiger partial charge in [-0.3, -0.25) is 4.98 Å². The van der Waals surface area contributed by atoms with Gasteiger partial charge in [-0.05, 0) is 41.1 Å². The van der Waals surface area contributed by atoms with Crippen molar-refractivity contribution in [2.45, 2.75) is 53.3 Å². The molecule has 1 unspecified atom stereocenters. The van der Waals surface area contributed by atoms with E-state index in [9.17, 15) is 0 Å². The molecule has 2 rings (SSSR count). The third-order valence-corrected chi connectivity index (χ3v) is 6.69. The van der Waals surface area contributed by atoms with Gasteiger partial charge in [-0.25, -0.2) is 0 Å². The van der Waals surface area contributed by atoms with E-state index in [-0.39, 0.29) is 0 Å². The SMILES string of the molecule is Cc1ccccc1-c1cc(C(C)C(C)C)c([Si](C)(C)C)cn1. The summed E-state index contributed by atoms with van der Waals surface area (Å²) >= 11 is 0. The molecule has 0 saturated carbocycles. The van der Waals surface area contributed by atoms with E-state index in [0.29, 0.717) is 11.8 Å². The van der Waals surface area contributed by atoms with Crippen LogP contribution in [0.25, 0.3) is 11.3 Å². The van der Waals surface area contributed by atoms with Crippen molar-refractivity contribution < 1.29 is 0 Å². The predicted octanol–water partition coefficient (Wildman–Crippen LogP) is 5.36. The fourth-order valence-corrected chi connectivity index (χ4v) is 4.46. The number of aromatic nitrogens is 1. The molecule has 0 aliphatic carbocycles. The molecule has 0 bridgehead atoms. The van der Waals surface area contributed by atoms with Gasteiger partial charge in [0.2, 0.25) is 0 Å². The lowest BCUT2D eigenvalue weighted by atomic mass is 9.89. The first-order valence-electron chi connectivity index (χ1n) is 8.28. The molecular formula is C20H29NSi. The Hall–Kier alpha value is -1.41. The van der Waals surface area contributed by atoms with E-state index in [1.807, 2.05) is 0 Å². The van der Waals surface area contributed by atoms with Gasteiger partial charge in [-0.1, -0.05) is 64.7 Å². The van der Waals surface area contributed by atoms with Crippen molar-refractivity contribution in [2.75, 3.05) is 0 Å². The summed E-state index contributed by atoms with van der Waals surface area (Å²) in [7, 11) is -1.39. The minimum Gasteiger partial charge on any atom is -0.256 e. The second-order valence-corrected chi connectivity index (χ2v) is 12.8. The lowest BCUT2D eigenvalue weighted by molar-refractivity contribution is 0.537. The molecule has 1 atom stereocenters. The Kier molecular flexibility index (Phi) is 4.91. The van der Waals surface area contributed by atoms with Crippen molar-refractivity contribution >= 4 is 13.3 Å². The first-order chi connectivity index (χ1) is 10.2. The highest BCUT2D eigenvalue weighted by atomic mass is 28.3. The Morgan fingerprint density at radius 1 is 1.00 bits per heavy atom. The lowest BCUT2D eigenvalue weighted by Crippen LogP contribution is -2.41. The zero-order chi connectivity index (χ0) is 16.5. The Balaban J connectivity index is 2.62. The highest BCUT2D eigenvalue weighted by Gasteiger charge is 2.25. The number of hydrogen-bond donors (Lipinski definition) is 0. The van der Waals surface area contributed by atoms with E-state index in [1.165, 1.54) is 21.9 Å². The van der Waals surface area contributed by atoms with E-state index < -0.39 is 8.07 Å². The summed E-state index contributed by atoms with van der Waals surface area (Å²) in [6, 6.07) is 10.9. The largest absolute Gasteiger partial charge is 0.256 e. The van der Waals surface area contributed by atoms with Crippen LogP contribution in [0.2, 0.25) is 19.6 Å². The maximum absolute atomic E-state index is 4.81. The summed E-state index contributed by atoms with van der Waals surface area (Å²) in [5, 5.41) is 1.51. The number of hydrogen-bond acceptors (Lipinski definition) is 1. The van der Waals surface area contributed by atoms with Crippen molar-refractivity contribution in [1.29, 1.82) is 0 Å². The molecule has 0 amide bonds. The second-order valence-electron chi connectivity index (χ2n) is 7.75. The van der Waals surface area contributed by atoms with Crippen LogP contribution in [0.15, 0.2) is 36.5 Å². The predicted molar refractivity (Wildman–Crippen MR) is 101 cm³/mol. The molecule has 0 radical (unpaired) electrons. The van der Waals surface area contributed by atoms with Crippen LogP contribution in [0.5, 0.6) is 0 Å². The van der Waals surface area contributed by atoms with Crippen molar-refractivity contribution in [2.24, 2.45) is 5.92 Å². The lowest BCUT2D eigenvalue weighted by Gasteiger charge is -2.27. The summed E-state index contributed by atoms with van der Waals surface area (Å²) in [5.41, 5.74) is 5.16. The highest BCUT2D eigenvalue weighted by Crippen LogP contribution is 2.28. The fraction of sp³-hybridized carbons (Fsp3) is 0.450. The third kappa shape index (κ3) is 3.49. The first kappa shape index (κ1) is 16.9. The number of rotatable bonds is 4. The first-order valence-corrected chi connectivity index (χ1v) is 11.8. The molecule has 0 saturated heterocycles. The monoisotopic (exact) mass is 311 g/mol. The van der Waals surface area contributed by atoms with E-state index in [2.05, 4.69) is 83.9 Å². The van der Waals surface area contributed by atoms with Crippen LogP contribution >= 0.6 is 0 Å². The van der Waals surface area contributed by atoms with Crippen LogP contribution in [0.3, 0.4) is 0 Å². The number of pyridine rings is 1. The maximum Gasteiger partial charge on any atom is 0.0799 e. The molecule has 2 aromatic rings. The zero-order valence-corrected chi connectivity index (χ0v) is 16.1. The van der Waals surface area contributed by atoms with E-state index in [0.717, 1.165) is 5.69 Å². The maximum atomic E-state index is 4.81.